The molecule has 0 unspecified atom stereocenters. The average molecular weight is 180 g/mol. The summed E-state index contributed by atoms with van der Waals surface area (Å²) in [6, 6.07) is 0. The van der Waals surface area contributed by atoms with Crippen LogP contribution in [0.1, 0.15) is 0 Å². The monoisotopic (exact) mass is 180 g/mol. The molecule has 0 bridgehead atoms. The molecule has 0 aliphatic carbocycles. The first-order chi connectivity index (χ1) is 3.70. The Hall–Kier alpha value is 0.290. The highest BCUT2D eigenvalue weighted by atomic mass is 32.2. The average Bonchev–Trinajstić information content (AvgIpc) is 1.85. The molecule has 0 amide bonds. The Morgan fingerprint density at radius 2 is 1.50 bits per heavy atom. The normalized spacial score (nSPS) is 9.50. The summed E-state index contributed by atoms with van der Waals surface area (Å²) in [5.41, 5.74) is 0. The van der Waals surface area contributed by atoms with Gasteiger partial charge in [0.05, 0.1) is 0 Å². The molecule has 1 nitrogen and oxygen atoms in total. The predicted molar refractivity (Wildman–Crippen MR) is 39.7 cm³/mol. The summed E-state index contributed by atoms with van der Waals surface area (Å²) in [6.45, 7) is 0. The van der Waals surface area contributed by atoms with Crippen molar-refractivity contribution in [3.05, 3.63) is 8.85 Å². The maximum atomic E-state index is 10.4. The minimum atomic E-state index is 0.000000000000000222. The minimum Gasteiger partial charge on any atom is -0.429 e. The van der Waals surface area contributed by atoms with E-state index in [4.69, 9.17) is 25.3 Å². The summed E-state index contributed by atoms with van der Waals surface area (Å²) in [6.07, 6.45) is 0. The highest BCUT2D eigenvalue weighted by molar-refractivity contribution is 7.68. The maximum Gasteiger partial charge on any atom is 0.101 e. The Bertz CT molecular complexity index is 211. The fourth-order valence-corrected chi connectivity index (χ4v) is 2.66. The van der Waals surface area contributed by atoms with Crippen LogP contribution in [0.25, 0.3) is 0 Å². The molecule has 0 saturated heterocycles. The van der Waals surface area contributed by atoms with Crippen LogP contribution in [0.5, 0.6) is 0 Å². The summed E-state index contributed by atoms with van der Waals surface area (Å²) >= 11 is 11.5. The lowest BCUT2D eigenvalue weighted by Gasteiger charge is -1.99. The van der Waals surface area contributed by atoms with Gasteiger partial charge < -0.3 is 52.7 Å². The molecule has 1 aromatic heterocycles. The van der Waals surface area contributed by atoms with Gasteiger partial charge in [-0.05, 0) is 0 Å². The van der Waals surface area contributed by atoms with Crippen LogP contribution in [0.2, 0.25) is 0 Å². The molecule has 0 spiro atoms. The summed E-state index contributed by atoms with van der Waals surface area (Å²) in [4.78, 5) is 10.4. The van der Waals surface area contributed by atoms with Crippen molar-refractivity contribution in [1.29, 1.82) is 0 Å². The van der Waals surface area contributed by atoms with E-state index in [9.17, 15) is 4.79 Å². The summed E-state index contributed by atoms with van der Waals surface area (Å²) in [7, 11) is 0. The predicted octanol–water partition coefficient (Wildman–Crippen LogP) is 0.981. The molecular weight excluding hydrogens is 180 g/mol. The third kappa shape index (κ3) is 1.17. The van der Waals surface area contributed by atoms with E-state index in [1.165, 1.54) is 0 Å². The second kappa shape index (κ2) is 2.26. The van der Waals surface area contributed by atoms with Crippen molar-refractivity contribution in [2.45, 2.75) is 8.42 Å². The molecule has 1 rings (SSSR count). The van der Waals surface area contributed by atoms with Crippen molar-refractivity contribution in [3.8, 4) is 0 Å². The zero-order chi connectivity index (χ0) is 6.15. The van der Waals surface area contributed by atoms with Crippen molar-refractivity contribution >= 4 is 47.9 Å². The molecule has 0 fully saturated rings. The van der Waals surface area contributed by atoms with Gasteiger partial charge in [0.2, 0.25) is 0 Å². The lowest BCUT2D eigenvalue weighted by Crippen LogP contribution is -1.73. The van der Waals surface area contributed by atoms with E-state index < -0.39 is 0 Å². The van der Waals surface area contributed by atoms with Crippen molar-refractivity contribution in [2.75, 3.05) is 0 Å². The van der Waals surface area contributed by atoms with E-state index in [1.807, 2.05) is 0 Å². The topological polar surface area (TPSA) is 17.1 Å². The fraction of sp³-hybridized carbons (Fsp3) is 0. The van der Waals surface area contributed by atoms with Gasteiger partial charge in [0.1, 0.15) is 4.06 Å². The van der Waals surface area contributed by atoms with Crippen LogP contribution in [0, 0.1) is 0 Å². The quantitative estimate of drug-likeness (QED) is 0.554. The number of rotatable bonds is 0. The number of hydrogen-bond donors (Lipinski definition) is 0. The van der Waals surface area contributed by atoms with E-state index in [-0.39, 0.29) is 4.06 Å². The van der Waals surface area contributed by atoms with Crippen LogP contribution < -0.4 is 4.06 Å². The summed E-state index contributed by atoms with van der Waals surface area (Å²) in [5, 5.41) is 0. The van der Waals surface area contributed by atoms with Crippen molar-refractivity contribution in [3.63, 3.8) is 0 Å². The molecule has 0 N–H and O–H groups in total. The molecule has 0 aliphatic heterocycles. The van der Waals surface area contributed by atoms with Crippen LogP contribution in [0.4, 0.5) is 0 Å². The number of hydrogen-bond acceptors (Lipinski definition) is 5. The lowest BCUT2D eigenvalue weighted by molar-refractivity contribution is 1.56. The fourth-order valence-electron chi connectivity index (χ4n) is 0.256. The second-order valence-corrected chi connectivity index (χ2v) is 4.59. The highest BCUT2D eigenvalue weighted by Crippen LogP contribution is 2.14. The molecule has 44 valence electrons. The standard InChI is InChI=1S/C3H2OS4/c4-3-7-1(5)2(6)8-3/h5-6H/p-2. The van der Waals surface area contributed by atoms with Gasteiger partial charge in [-0.25, -0.2) is 0 Å². The Morgan fingerprint density at radius 3 is 1.62 bits per heavy atom. The molecule has 8 heavy (non-hydrogen) atoms. The summed E-state index contributed by atoms with van der Waals surface area (Å²) in [5.74, 6) is 0. The van der Waals surface area contributed by atoms with E-state index in [1.54, 1.807) is 0 Å². The molecule has 0 saturated carbocycles. The first-order valence-electron chi connectivity index (χ1n) is 1.68. The van der Waals surface area contributed by atoms with Crippen LogP contribution in [0.15, 0.2) is 13.2 Å². The smallest absolute Gasteiger partial charge is 0.101 e. The minimum absolute atomic E-state index is 0.000000000000000222. The second-order valence-electron chi connectivity index (χ2n) is 1.03. The zero-order valence-electron chi connectivity index (χ0n) is 3.54. The zero-order valence-corrected chi connectivity index (χ0v) is 6.81. The molecule has 0 aliphatic rings. The largest absolute Gasteiger partial charge is 0.429 e. The molecular formula is C3OS4-2. The molecule has 1 aromatic rings. The van der Waals surface area contributed by atoms with Gasteiger partial charge in [-0.2, -0.15) is 0 Å². The molecule has 1 heterocycles. The van der Waals surface area contributed by atoms with Crippen LogP contribution in [-0.2, 0) is 25.3 Å². The van der Waals surface area contributed by atoms with E-state index >= 15 is 0 Å². The van der Waals surface area contributed by atoms with Crippen molar-refractivity contribution < 1.29 is 0 Å². The third-order valence-corrected chi connectivity index (χ3v) is 3.56. The lowest BCUT2D eigenvalue weighted by atomic mass is 11.1. The van der Waals surface area contributed by atoms with Gasteiger partial charge in [-0.1, -0.05) is 0 Å². The van der Waals surface area contributed by atoms with Crippen LogP contribution in [-0.4, -0.2) is 0 Å². The molecule has 0 aromatic carbocycles. The Balaban J connectivity index is 3.35. The highest BCUT2D eigenvalue weighted by Gasteiger charge is 1.75. The SMILES string of the molecule is O=c1sc([S-])c([S-])s1. The van der Waals surface area contributed by atoms with Gasteiger partial charge in [-0.15, -0.1) is 8.42 Å². The Morgan fingerprint density at radius 1 is 1.12 bits per heavy atom. The molecule has 0 radical (unpaired) electrons. The third-order valence-electron chi connectivity index (χ3n) is 0.519. The van der Waals surface area contributed by atoms with Gasteiger partial charge in [0.25, 0.3) is 0 Å². The van der Waals surface area contributed by atoms with Crippen molar-refractivity contribution in [1.82, 2.24) is 0 Å². The van der Waals surface area contributed by atoms with Gasteiger partial charge in [-0.3, -0.25) is 0 Å². The Labute approximate surface area is 65.2 Å². The van der Waals surface area contributed by atoms with Crippen LogP contribution in [0.3, 0.4) is 0 Å². The van der Waals surface area contributed by atoms with E-state index in [0.717, 1.165) is 22.7 Å². The van der Waals surface area contributed by atoms with Gasteiger partial charge in [0, 0.05) is 0 Å². The first-order valence-corrected chi connectivity index (χ1v) is 4.13. The first kappa shape index (κ1) is 6.41. The molecule has 5 heteroatoms. The molecule has 0 atom stereocenters. The Kier molecular flexibility index (Phi) is 1.81. The van der Waals surface area contributed by atoms with Gasteiger partial charge in [0.15, 0.2) is 0 Å². The van der Waals surface area contributed by atoms with Crippen LogP contribution >= 0.6 is 22.7 Å². The summed E-state index contributed by atoms with van der Waals surface area (Å²) < 4.78 is 1.10. The van der Waals surface area contributed by atoms with E-state index in [0.29, 0.717) is 8.42 Å². The van der Waals surface area contributed by atoms with Gasteiger partial charge >= 0.3 is 0 Å². The van der Waals surface area contributed by atoms with E-state index in [2.05, 4.69) is 0 Å². The maximum absolute atomic E-state index is 10.4. The van der Waals surface area contributed by atoms with Crippen molar-refractivity contribution in [2.24, 2.45) is 0 Å².